The third kappa shape index (κ3) is 6.43. The minimum Gasteiger partial charge on any atom is -0.480 e. The van der Waals surface area contributed by atoms with Gasteiger partial charge in [0, 0.05) is 0 Å². The highest BCUT2D eigenvalue weighted by molar-refractivity contribution is 6.77. The van der Waals surface area contributed by atoms with E-state index in [2.05, 4.69) is 46.9 Å². The molecular weight excluding hydrogens is 326 g/mol. The molecule has 0 aliphatic rings. The Labute approximate surface area is 147 Å². The number of alkyl carbamates (subject to hydrolysis) is 1. The molecule has 0 aromatic rings. The van der Waals surface area contributed by atoms with Crippen LogP contribution in [0.5, 0.6) is 0 Å². The topological polar surface area (TPSA) is 84.9 Å². The van der Waals surface area contributed by atoms with Crippen molar-refractivity contribution in [2.24, 2.45) is 0 Å². The summed E-state index contributed by atoms with van der Waals surface area (Å²) in [5.74, 6) is -1.12. The van der Waals surface area contributed by atoms with Crippen LogP contribution in [0.2, 0.25) is 16.6 Å². The van der Waals surface area contributed by atoms with Crippen molar-refractivity contribution in [1.29, 1.82) is 0 Å². The van der Waals surface area contributed by atoms with Crippen molar-refractivity contribution in [1.82, 2.24) is 5.32 Å². The monoisotopic (exact) mass is 361 g/mol. The predicted octanol–water partition coefficient (Wildman–Crippen LogP) is 4.16. The number of carbonyl (C=O) groups is 2. The second-order valence-corrected chi connectivity index (χ2v) is 13.6. The molecule has 142 valence electrons. The van der Waals surface area contributed by atoms with Gasteiger partial charge in [-0.3, -0.25) is 0 Å². The largest absolute Gasteiger partial charge is 0.480 e. The lowest BCUT2D eigenvalue weighted by atomic mass is 10.2. The molecule has 0 bridgehead atoms. The van der Waals surface area contributed by atoms with Crippen LogP contribution in [0.15, 0.2) is 0 Å². The summed E-state index contributed by atoms with van der Waals surface area (Å²) in [6, 6.07) is -1.12. The second kappa shape index (κ2) is 8.85. The van der Waals surface area contributed by atoms with Crippen LogP contribution in [0.4, 0.5) is 4.79 Å². The van der Waals surface area contributed by atoms with Crippen LogP contribution in [0, 0.1) is 0 Å². The van der Waals surface area contributed by atoms with E-state index in [9.17, 15) is 14.7 Å². The van der Waals surface area contributed by atoms with Crippen LogP contribution in [-0.4, -0.2) is 43.7 Å². The minimum absolute atomic E-state index is 0.0463. The van der Waals surface area contributed by atoms with Gasteiger partial charge in [0.1, 0.15) is 5.60 Å². The standard InChI is InChI=1S/C17H35NO5Si/c1-11(2)24(12(3)4,13(5)6)22-10-14(15(19)20)18-16(21)23-17(7,8)9/h11-14H,10H2,1-9H3,(H,18,21)(H,19,20)/t14-/m0/s1. The van der Waals surface area contributed by atoms with Crippen molar-refractivity contribution in [2.45, 2.75) is 90.6 Å². The molecule has 0 radical (unpaired) electrons. The van der Waals surface area contributed by atoms with E-state index < -0.39 is 32.0 Å². The first kappa shape index (κ1) is 22.9. The van der Waals surface area contributed by atoms with Crippen LogP contribution in [0.3, 0.4) is 0 Å². The van der Waals surface area contributed by atoms with Crippen LogP contribution < -0.4 is 5.32 Å². The third-order valence-electron chi connectivity index (χ3n) is 4.20. The highest BCUT2D eigenvalue weighted by Gasteiger charge is 2.45. The third-order valence-corrected chi connectivity index (χ3v) is 10.3. The summed E-state index contributed by atoms with van der Waals surface area (Å²) in [6.45, 7) is 17.9. The van der Waals surface area contributed by atoms with Gasteiger partial charge in [0.2, 0.25) is 0 Å². The molecule has 0 saturated carbocycles. The Bertz CT molecular complexity index is 407. The number of rotatable bonds is 8. The van der Waals surface area contributed by atoms with E-state index >= 15 is 0 Å². The Hall–Kier alpha value is -1.08. The van der Waals surface area contributed by atoms with Crippen molar-refractivity contribution in [3.05, 3.63) is 0 Å². The van der Waals surface area contributed by atoms with Crippen molar-refractivity contribution >= 4 is 20.4 Å². The van der Waals surface area contributed by atoms with Gasteiger partial charge in [-0.15, -0.1) is 0 Å². The lowest BCUT2D eigenvalue weighted by Crippen LogP contribution is -2.53. The van der Waals surface area contributed by atoms with E-state index in [1.165, 1.54) is 0 Å². The molecule has 1 amide bonds. The van der Waals surface area contributed by atoms with Gasteiger partial charge < -0.3 is 19.6 Å². The Morgan fingerprint density at radius 3 is 1.71 bits per heavy atom. The summed E-state index contributed by atoms with van der Waals surface area (Å²) in [5, 5.41) is 11.8. The van der Waals surface area contributed by atoms with E-state index in [0.717, 1.165) is 0 Å². The van der Waals surface area contributed by atoms with Gasteiger partial charge in [0.05, 0.1) is 6.61 Å². The molecule has 6 nitrogen and oxygen atoms in total. The maximum atomic E-state index is 11.9. The lowest BCUT2D eigenvalue weighted by molar-refractivity contribution is -0.140. The Kier molecular flexibility index (Phi) is 8.45. The van der Waals surface area contributed by atoms with Crippen molar-refractivity contribution < 1.29 is 23.9 Å². The SMILES string of the molecule is CC(C)[Si](OC[C@H](NC(=O)OC(C)(C)C)C(=O)O)(C(C)C)C(C)C. The van der Waals surface area contributed by atoms with E-state index in [4.69, 9.17) is 9.16 Å². The average Bonchev–Trinajstić information content (AvgIpc) is 2.33. The summed E-state index contributed by atoms with van der Waals surface area (Å²) in [7, 11) is -2.19. The van der Waals surface area contributed by atoms with Gasteiger partial charge in [-0.1, -0.05) is 41.5 Å². The zero-order chi connectivity index (χ0) is 19.3. The maximum absolute atomic E-state index is 11.9. The molecule has 7 heteroatoms. The number of carboxylic acid groups (broad SMARTS) is 1. The number of carbonyl (C=O) groups excluding carboxylic acids is 1. The number of hydrogen-bond donors (Lipinski definition) is 2. The zero-order valence-electron chi connectivity index (χ0n) is 16.6. The van der Waals surface area contributed by atoms with Crippen LogP contribution in [-0.2, 0) is 14.0 Å². The van der Waals surface area contributed by atoms with E-state index in [1.807, 2.05) is 0 Å². The molecule has 0 aromatic carbocycles. The summed E-state index contributed by atoms with van der Waals surface area (Å²) < 4.78 is 11.4. The van der Waals surface area contributed by atoms with E-state index in [0.29, 0.717) is 16.6 Å². The first-order chi connectivity index (χ1) is 10.7. The van der Waals surface area contributed by atoms with E-state index in [-0.39, 0.29) is 6.61 Å². The lowest BCUT2D eigenvalue weighted by Gasteiger charge is -2.42. The Morgan fingerprint density at radius 2 is 1.42 bits per heavy atom. The molecule has 2 N–H and O–H groups in total. The fraction of sp³-hybridized carbons (Fsp3) is 0.882. The zero-order valence-corrected chi connectivity index (χ0v) is 17.6. The van der Waals surface area contributed by atoms with E-state index in [1.54, 1.807) is 20.8 Å². The predicted molar refractivity (Wildman–Crippen MR) is 97.8 cm³/mol. The van der Waals surface area contributed by atoms with Crippen molar-refractivity contribution in [2.75, 3.05) is 6.61 Å². The molecular formula is C17H35NO5Si. The molecule has 24 heavy (non-hydrogen) atoms. The number of carboxylic acids is 1. The normalized spacial score (nSPS) is 14.2. The summed E-state index contributed by atoms with van der Waals surface area (Å²) in [4.78, 5) is 23.4. The smallest absolute Gasteiger partial charge is 0.408 e. The minimum atomic E-state index is -2.19. The molecule has 0 aromatic heterocycles. The molecule has 0 fully saturated rings. The van der Waals surface area contributed by atoms with Gasteiger partial charge in [-0.05, 0) is 37.4 Å². The summed E-state index contributed by atoms with van der Waals surface area (Å²) in [6.07, 6.45) is -0.746. The number of nitrogens with one attached hydrogen (secondary N) is 1. The number of ether oxygens (including phenoxy) is 1. The first-order valence-electron chi connectivity index (χ1n) is 8.60. The second-order valence-electron chi connectivity index (χ2n) is 8.17. The highest BCUT2D eigenvalue weighted by Crippen LogP contribution is 2.42. The first-order valence-corrected chi connectivity index (χ1v) is 10.7. The average molecular weight is 362 g/mol. The number of aliphatic carboxylic acids is 1. The Morgan fingerprint density at radius 1 is 1.00 bits per heavy atom. The number of amides is 1. The molecule has 0 aliphatic carbocycles. The van der Waals surface area contributed by atoms with Gasteiger partial charge in [0.25, 0.3) is 0 Å². The number of hydrogen-bond acceptors (Lipinski definition) is 4. The molecule has 1 atom stereocenters. The maximum Gasteiger partial charge on any atom is 0.408 e. The molecule has 0 saturated heterocycles. The molecule has 0 unspecified atom stereocenters. The molecule has 0 rings (SSSR count). The van der Waals surface area contributed by atoms with Gasteiger partial charge in [0.15, 0.2) is 14.4 Å². The van der Waals surface area contributed by atoms with Gasteiger partial charge >= 0.3 is 12.1 Å². The van der Waals surface area contributed by atoms with Crippen LogP contribution >= 0.6 is 0 Å². The van der Waals surface area contributed by atoms with Crippen LogP contribution in [0.1, 0.15) is 62.3 Å². The molecule has 0 spiro atoms. The van der Waals surface area contributed by atoms with Crippen molar-refractivity contribution in [3.63, 3.8) is 0 Å². The van der Waals surface area contributed by atoms with Crippen molar-refractivity contribution in [3.8, 4) is 0 Å². The Balaban J connectivity index is 5.13. The molecule has 0 aliphatic heterocycles. The highest BCUT2D eigenvalue weighted by atomic mass is 28.4. The van der Waals surface area contributed by atoms with Gasteiger partial charge in [-0.25, -0.2) is 9.59 Å². The van der Waals surface area contributed by atoms with Gasteiger partial charge in [-0.2, -0.15) is 0 Å². The summed E-state index contributed by atoms with van der Waals surface area (Å²) >= 11 is 0. The fourth-order valence-corrected chi connectivity index (χ4v) is 8.81. The fourth-order valence-electron chi connectivity index (χ4n) is 3.35. The summed E-state index contributed by atoms with van der Waals surface area (Å²) in [5.41, 5.74) is 0.343. The molecule has 0 heterocycles. The van der Waals surface area contributed by atoms with Crippen LogP contribution in [0.25, 0.3) is 0 Å². The quantitative estimate of drug-likeness (QED) is 0.634.